The topological polar surface area (TPSA) is 174 Å². The van der Waals surface area contributed by atoms with Gasteiger partial charge in [-0.2, -0.15) is 0 Å². The number of fused-ring (bicyclic) bond motifs is 2. The third kappa shape index (κ3) is 8.38. The summed E-state index contributed by atoms with van der Waals surface area (Å²) >= 11 is 0. The number of hydrogen-bond donors (Lipinski definition) is 6. The number of nitrogens with one attached hydrogen (secondary N) is 1. The number of oxime groups is 1. The summed E-state index contributed by atoms with van der Waals surface area (Å²) in [7, 11) is 1.62. The summed E-state index contributed by atoms with van der Waals surface area (Å²) in [6.45, 7) is 0.879. The van der Waals surface area contributed by atoms with Crippen LogP contribution in [0.25, 0.3) is 0 Å². The van der Waals surface area contributed by atoms with Gasteiger partial charge in [0, 0.05) is 44.7 Å². The molecule has 5 rings (SSSR count). The second-order valence-corrected chi connectivity index (χ2v) is 13.2. The average molecular weight is 682 g/mol. The van der Waals surface area contributed by atoms with Crippen LogP contribution >= 0.6 is 0 Å². The average Bonchev–Trinajstić information content (AvgIpc) is 3.10. The Hall–Kier alpha value is -3.68. The lowest BCUT2D eigenvalue weighted by molar-refractivity contribution is -0.226. The zero-order valence-corrected chi connectivity index (χ0v) is 28.2. The van der Waals surface area contributed by atoms with Gasteiger partial charge in [-0.05, 0) is 66.9 Å². The number of aliphatic hydroxyl groups is 4. The molecule has 0 bridgehead atoms. The van der Waals surface area contributed by atoms with Gasteiger partial charge in [-0.1, -0.05) is 54.4 Å². The van der Waals surface area contributed by atoms with Gasteiger partial charge in [-0.3, -0.25) is 0 Å². The minimum absolute atomic E-state index is 0.00279. The smallest absolute Gasteiger partial charge is 0.317 e. The van der Waals surface area contributed by atoms with Gasteiger partial charge in [0.2, 0.25) is 5.79 Å². The molecule has 1 heterocycles. The third-order valence-corrected chi connectivity index (χ3v) is 10.1. The van der Waals surface area contributed by atoms with Crippen molar-refractivity contribution in [2.45, 2.75) is 69.3 Å². The molecular weight excluding hydrogens is 630 g/mol. The van der Waals surface area contributed by atoms with Crippen molar-refractivity contribution in [3.05, 3.63) is 71.3 Å². The van der Waals surface area contributed by atoms with E-state index in [2.05, 4.69) is 16.5 Å². The molecule has 0 radical (unpaired) electrons. The summed E-state index contributed by atoms with van der Waals surface area (Å²) in [4.78, 5) is 21.0. The second-order valence-electron chi connectivity index (χ2n) is 13.2. The Balaban J connectivity index is 1.59. The van der Waals surface area contributed by atoms with Crippen molar-refractivity contribution >= 4 is 11.7 Å². The molecular formula is C37H51N3O9. The van der Waals surface area contributed by atoms with Crippen molar-refractivity contribution in [2.24, 2.45) is 22.9 Å². The number of nitrogens with zero attached hydrogens (tertiary/aromatic N) is 2. The van der Waals surface area contributed by atoms with Gasteiger partial charge in [0.05, 0.1) is 31.5 Å². The monoisotopic (exact) mass is 681 g/mol. The molecule has 2 aromatic carbocycles. The van der Waals surface area contributed by atoms with Crippen molar-refractivity contribution in [3.8, 4) is 11.5 Å². The minimum Gasteiger partial charge on any atom is -0.508 e. The quantitative estimate of drug-likeness (QED) is 0.108. The number of carbonyl (C=O) groups is 1. The van der Waals surface area contributed by atoms with Crippen molar-refractivity contribution in [2.75, 3.05) is 46.6 Å². The molecule has 2 amide bonds. The molecule has 0 saturated heterocycles. The summed E-state index contributed by atoms with van der Waals surface area (Å²) < 4.78 is 11.9. The fraction of sp³-hybridized carbons (Fsp3) is 0.568. The first-order valence-corrected chi connectivity index (χ1v) is 17.4. The number of aliphatic hydroxyl groups excluding tert-OH is 3. The van der Waals surface area contributed by atoms with Gasteiger partial charge < -0.3 is 50.1 Å². The Morgan fingerprint density at radius 1 is 1.02 bits per heavy atom. The van der Waals surface area contributed by atoms with Crippen LogP contribution in [-0.2, 0) is 16.2 Å². The number of allylic oxidation sites excluding steroid dienone is 1. The lowest BCUT2D eigenvalue weighted by Crippen LogP contribution is -2.69. The molecule has 2 aliphatic carbocycles. The molecule has 6 N–H and O–H groups in total. The molecule has 1 saturated carbocycles. The highest BCUT2D eigenvalue weighted by molar-refractivity contribution is 6.03. The highest BCUT2D eigenvalue weighted by Gasteiger charge is 2.63. The van der Waals surface area contributed by atoms with Crippen LogP contribution in [0.2, 0.25) is 0 Å². The molecule has 12 heteroatoms. The van der Waals surface area contributed by atoms with Crippen LogP contribution in [0.5, 0.6) is 11.5 Å². The fourth-order valence-corrected chi connectivity index (χ4v) is 7.78. The molecule has 0 spiro atoms. The maximum absolute atomic E-state index is 13.6. The third-order valence-electron chi connectivity index (χ3n) is 10.1. The van der Waals surface area contributed by atoms with Gasteiger partial charge in [0.1, 0.15) is 24.1 Å². The number of benzene rings is 2. The van der Waals surface area contributed by atoms with E-state index in [0.29, 0.717) is 24.3 Å². The fourth-order valence-electron chi connectivity index (χ4n) is 7.78. The van der Waals surface area contributed by atoms with Gasteiger partial charge in [-0.15, -0.1) is 0 Å². The lowest BCUT2D eigenvalue weighted by atomic mass is 9.55. The van der Waals surface area contributed by atoms with Gasteiger partial charge in [0.25, 0.3) is 0 Å². The number of amides is 2. The highest BCUT2D eigenvalue weighted by atomic mass is 16.6. The van der Waals surface area contributed by atoms with E-state index in [4.69, 9.17) is 19.4 Å². The molecule has 1 fully saturated rings. The Kier molecular flexibility index (Phi) is 12.9. The van der Waals surface area contributed by atoms with Crippen molar-refractivity contribution < 1.29 is 44.6 Å². The summed E-state index contributed by atoms with van der Waals surface area (Å²) in [5.74, 6) is -2.25. The Labute approximate surface area is 288 Å². The molecule has 1 aliphatic heterocycles. The lowest BCUT2D eigenvalue weighted by Gasteiger charge is -2.58. The zero-order valence-electron chi connectivity index (χ0n) is 28.2. The molecule has 268 valence electrons. The Morgan fingerprint density at radius 2 is 1.78 bits per heavy atom. The first kappa shape index (κ1) is 36.6. The van der Waals surface area contributed by atoms with Crippen LogP contribution < -0.4 is 10.1 Å². The maximum atomic E-state index is 13.6. The minimum atomic E-state index is -1.86. The van der Waals surface area contributed by atoms with Gasteiger partial charge in [-0.25, -0.2) is 4.79 Å². The molecule has 0 unspecified atom stereocenters. The number of unbranched alkanes of at least 4 members (excludes halogenated alkanes) is 2. The van der Waals surface area contributed by atoms with Crippen molar-refractivity contribution in [1.29, 1.82) is 0 Å². The number of urea groups is 1. The predicted molar refractivity (Wildman–Crippen MR) is 183 cm³/mol. The number of phenolic OH excluding ortho intramolecular Hbond substituents is 1. The highest BCUT2D eigenvalue weighted by Crippen LogP contribution is 2.60. The normalized spacial score (nSPS) is 26.3. The van der Waals surface area contributed by atoms with E-state index in [9.17, 15) is 25.2 Å². The molecule has 3 aliphatic rings. The van der Waals surface area contributed by atoms with Crippen molar-refractivity contribution in [1.82, 2.24) is 10.2 Å². The maximum Gasteiger partial charge on any atom is 0.317 e. The first-order chi connectivity index (χ1) is 23.8. The SMILES string of the molecule is CN(C(=O)NCCOCCO)[C@H]1CC(=NOCc2ccccc2)C2=C[C@H](CCCCO)[C@@H](CCCCO)[C@@H]3c4cc(O)ccc4O[C@@]1(O)[C@H]23. The largest absolute Gasteiger partial charge is 0.508 e. The van der Waals surface area contributed by atoms with Crippen LogP contribution in [0.3, 0.4) is 0 Å². The molecule has 0 aromatic heterocycles. The molecule has 2 aromatic rings. The Bertz CT molecular complexity index is 1440. The van der Waals surface area contributed by atoms with E-state index in [1.54, 1.807) is 19.2 Å². The molecule has 6 atom stereocenters. The van der Waals surface area contributed by atoms with Crippen LogP contribution in [0, 0.1) is 17.8 Å². The number of carbonyl (C=O) groups excluding carboxylic acids is 1. The van der Waals surface area contributed by atoms with Gasteiger partial charge in [0.15, 0.2) is 0 Å². The number of likely N-dealkylation sites (N-methyl/N-ethyl adjacent to an activating group) is 1. The summed E-state index contributed by atoms with van der Waals surface area (Å²) in [5, 5.41) is 59.3. The van der Waals surface area contributed by atoms with E-state index in [-0.39, 0.29) is 76.1 Å². The summed E-state index contributed by atoms with van der Waals surface area (Å²) in [5.41, 5.74) is 3.13. The molecule has 12 nitrogen and oxygen atoms in total. The number of phenols is 1. The van der Waals surface area contributed by atoms with E-state index in [1.807, 2.05) is 30.3 Å². The van der Waals surface area contributed by atoms with E-state index >= 15 is 0 Å². The number of hydrogen-bond acceptors (Lipinski definition) is 10. The molecule has 49 heavy (non-hydrogen) atoms. The number of ether oxygens (including phenoxy) is 2. The summed E-state index contributed by atoms with van der Waals surface area (Å²) in [6, 6.07) is 13.3. The Morgan fingerprint density at radius 3 is 2.51 bits per heavy atom. The van der Waals surface area contributed by atoms with E-state index < -0.39 is 23.8 Å². The van der Waals surface area contributed by atoms with E-state index in [0.717, 1.165) is 42.4 Å². The van der Waals surface area contributed by atoms with Crippen molar-refractivity contribution in [3.63, 3.8) is 0 Å². The van der Waals surface area contributed by atoms with E-state index in [1.165, 1.54) is 11.0 Å². The number of rotatable bonds is 17. The van der Waals surface area contributed by atoms with Crippen LogP contribution in [0.1, 0.15) is 62.0 Å². The summed E-state index contributed by atoms with van der Waals surface area (Å²) in [6.07, 6.45) is 6.75. The predicted octanol–water partition coefficient (Wildman–Crippen LogP) is 3.67. The van der Waals surface area contributed by atoms with Crippen LogP contribution in [0.4, 0.5) is 4.79 Å². The zero-order chi connectivity index (χ0) is 34.8. The van der Waals surface area contributed by atoms with Crippen LogP contribution in [0.15, 0.2) is 65.3 Å². The van der Waals surface area contributed by atoms with Gasteiger partial charge >= 0.3 is 6.03 Å². The standard InChI is InChI=1S/C37H51N3O9/c1-40(36(45)38-15-19-47-20-18-43)33-23-31(39-48-24-25-9-3-2-4-10-25)29-21-26(11-5-7-16-41)28(12-6-8-17-42)34-30-22-27(44)13-14-32(30)49-37(33,46)35(29)34/h2-4,9-10,13-14,21-22,26,28,33-35,41-44,46H,5-8,11-12,15-20,23-24H2,1H3,(H,38,45)/t26-,28+,33-,34+,35+,37+/m0/s1. The van der Waals surface area contributed by atoms with Crippen LogP contribution in [-0.4, -0.2) is 101 Å². The second kappa shape index (κ2) is 17.3. The first-order valence-electron chi connectivity index (χ1n) is 17.4. The number of aromatic hydroxyl groups is 1.